The molecule has 0 saturated heterocycles. The Bertz CT molecular complexity index is 738. The molecule has 1 N–H and O–H groups in total. The summed E-state index contributed by atoms with van der Waals surface area (Å²) in [5, 5.41) is 2.96. The van der Waals surface area contributed by atoms with Crippen LogP contribution in [0.1, 0.15) is 35.1 Å². The Hall–Kier alpha value is -2.16. The van der Waals surface area contributed by atoms with E-state index < -0.39 is 5.41 Å². The number of rotatable bonds is 0. The zero-order valence-corrected chi connectivity index (χ0v) is 11.6. The minimum absolute atomic E-state index is 0.0903. The van der Waals surface area contributed by atoms with E-state index in [-0.39, 0.29) is 11.8 Å². The van der Waals surface area contributed by atoms with E-state index in [2.05, 4.69) is 42.3 Å². The maximum absolute atomic E-state index is 12.7. The molecule has 1 aliphatic carbocycles. The molecule has 0 bridgehead atoms. The van der Waals surface area contributed by atoms with Gasteiger partial charge in [-0.25, -0.2) is 4.98 Å². The van der Waals surface area contributed by atoms with Gasteiger partial charge in [-0.1, -0.05) is 36.8 Å². The molecule has 1 aromatic carbocycles. The number of nitrogens with one attached hydrogen (secondary N) is 1. The molecule has 1 amide bonds. The first-order chi connectivity index (χ1) is 9.63. The lowest BCUT2D eigenvalue weighted by atomic mass is 9.73. The summed E-state index contributed by atoms with van der Waals surface area (Å²) in [6.07, 6.45) is 2.50. The smallest absolute Gasteiger partial charge is 0.237 e. The molecule has 20 heavy (non-hydrogen) atoms. The lowest BCUT2D eigenvalue weighted by Gasteiger charge is -2.26. The Morgan fingerprint density at radius 1 is 1.35 bits per heavy atom. The van der Waals surface area contributed by atoms with E-state index >= 15 is 0 Å². The van der Waals surface area contributed by atoms with Crippen LogP contribution in [0.2, 0.25) is 0 Å². The minimum atomic E-state index is -0.472. The van der Waals surface area contributed by atoms with Crippen molar-refractivity contribution in [2.24, 2.45) is 0 Å². The van der Waals surface area contributed by atoms with E-state index in [4.69, 9.17) is 0 Å². The third kappa shape index (κ3) is 1.25. The van der Waals surface area contributed by atoms with Gasteiger partial charge in [0.25, 0.3) is 0 Å². The first kappa shape index (κ1) is 11.6. The summed E-state index contributed by atoms with van der Waals surface area (Å²) < 4.78 is 0. The van der Waals surface area contributed by atoms with Crippen LogP contribution in [0.5, 0.6) is 0 Å². The molecule has 2 atom stereocenters. The van der Waals surface area contributed by atoms with E-state index in [1.54, 1.807) is 6.20 Å². The van der Waals surface area contributed by atoms with E-state index in [1.165, 1.54) is 16.7 Å². The maximum Gasteiger partial charge on any atom is 0.237 e. The lowest BCUT2D eigenvalue weighted by Crippen LogP contribution is -2.37. The molecule has 0 radical (unpaired) electrons. The summed E-state index contributed by atoms with van der Waals surface area (Å²) in [7, 11) is 0. The van der Waals surface area contributed by atoms with Crippen LogP contribution in [0.25, 0.3) is 0 Å². The van der Waals surface area contributed by atoms with Crippen molar-refractivity contribution in [3.05, 3.63) is 58.8 Å². The van der Waals surface area contributed by atoms with Gasteiger partial charge in [0.2, 0.25) is 5.91 Å². The van der Waals surface area contributed by atoms with Crippen molar-refractivity contribution in [1.29, 1.82) is 0 Å². The fourth-order valence-electron chi connectivity index (χ4n) is 3.84. The number of carbonyl (C=O) groups excluding carboxylic acids is 1. The molecule has 0 fully saturated rings. The molecule has 1 spiro atoms. The number of amides is 1. The average Bonchev–Trinajstić information content (AvgIpc) is 2.88. The lowest BCUT2D eigenvalue weighted by molar-refractivity contribution is -0.121. The number of nitrogens with zero attached hydrogens (tertiary/aromatic N) is 1. The summed E-state index contributed by atoms with van der Waals surface area (Å²) in [5.74, 6) is 1.00. The number of aryl methyl sites for hydroxylation is 1. The van der Waals surface area contributed by atoms with Crippen LogP contribution in [0, 0.1) is 6.92 Å². The number of hydrogen-bond donors (Lipinski definition) is 1. The molecular formula is C17H16N2O. The van der Waals surface area contributed by atoms with Gasteiger partial charge in [-0.3, -0.25) is 4.79 Å². The summed E-state index contributed by atoms with van der Waals surface area (Å²) in [5.41, 5.74) is 4.41. The van der Waals surface area contributed by atoms with Crippen LogP contribution in [-0.2, 0) is 16.6 Å². The van der Waals surface area contributed by atoms with E-state index in [0.717, 1.165) is 17.8 Å². The number of fused-ring (bicyclic) bond motifs is 3. The first-order valence-electron chi connectivity index (χ1n) is 6.99. The van der Waals surface area contributed by atoms with Crippen molar-refractivity contribution in [3.63, 3.8) is 0 Å². The molecule has 4 rings (SSSR count). The molecule has 0 saturated carbocycles. The van der Waals surface area contributed by atoms with Crippen LogP contribution in [0.4, 0.5) is 5.82 Å². The van der Waals surface area contributed by atoms with Crippen LogP contribution < -0.4 is 5.32 Å². The largest absolute Gasteiger partial charge is 0.310 e. The third-order valence-electron chi connectivity index (χ3n) is 4.90. The Morgan fingerprint density at radius 3 is 3.05 bits per heavy atom. The zero-order chi connectivity index (χ0) is 13.9. The summed E-state index contributed by atoms with van der Waals surface area (Å²) >= 11 is 0. The minimum Gasteiger partial charge on any atom is -0.310 e. The van der Waals surface area contributed by atoms with Crippen LogP contribution in [-0.4, -0.2) is 10.9 Å². The monoisotopic (exact) mass is 264 g/mol. The summed E-state index contributed by atoms with van der Waals surface area (Å²) in [4.78, 5) is 17.0. The molecule has 1 aliphatic heterocycles. The SMILES string of the molecule is Cc1ccc2c(c1)CC1(C(=O)Nc3ncccc31)C2C. The Morgan fingerprint density at radius 2 is 2.20 bits per heavy atom. The Labute approximate surface area is 118 Å². The molecule has 100 valence electrons. The van der Waals surface area contributed by atoms with Crippen molar-refractivity contribution < 1.29 is 4.79 Å². The van der Waals surface area contributed by atoms with Gasteiger partial charge in [-0.15, -0.1) is 0 Å². The van der Waals surface area contributed by atoms with E-state index in [9.17, 15) is 4.79 Å². The van der Waals surface area contributed by atoms with Gasteiger partial charge in [0, 0.05) is 17.7 Å². The second kappa shape index (κ2) is 3.69. The molecule has 1 aromatic heterocycles. The highest BCUT2D eigenvalue weighted by Crippen LogP contribution is 2.53. The average molecular weight is 264 g/mol. The third-order valence-corrected chi connectivity index (χ3v) is 4.90. The number of pyridine rings is 1. The molecule has 3 heteroatoms. The predicted molar refractivity (Wildman–Crippen MR) is 77.8 cm³/mol. The van der Waals surface area contributed by atoms with Crippen molar-refractivity contribution >= 4 is 11.7 Å². The van der Waals surface area contributed by atoms with Crippen molar-refractivity contribution in [2.45, 2.75) is 31.6 Å². The molecule has 2 unspecified atom stereocenters. The number of hydrogen-bond acceptors (Lipinski definition) is 2. The molecule has 2 aliphatic rings. The fourth-order valence-corrected chi connectivity index (χ4v) is 3.84. The number of aromatic nitrogens is 1. The van der Waals surface area contributed by atoms with E-state index in [0.29, 0.717) is 0 Å². The van der Waals surface area contributed by atoms with Crippen LogP contribution >= 0.6 is 0 Å². The number of carbonyl (C=O) groups is 1. The Balaban J connectivity index is 1.94. The summed E-state index contributed by atoms with van der Waals surface area (Å²) in [6, 6.07) is 10.5. The van der Waals surface area contributed by atoms with Gasteiger partial charge in [-0.05, 0) is 30.5 Å². The van der Waals surface area contributed by atoms with Crippen molar-refractivity contribution in [3.8, 4) is 0 Å². The highest BCUT2D eigenvalue weighted by atomic mass is 16.2. The Kier molecular flexibility index (Phi) is 2.15. The standard InChI is InChI=1S/C17H16N2O/c1-10-5-6-13-11(2)17(9-12(13)8-10)14-4-3-7-18-15(14)19-16(17)20/h3-8,11H,9H2,1-2H3,(H,18,19,20). The van der Waals surface area contributed by atoms with Crippen LogP contribution in [0.3, 0.4) is 0 Å². The second-order valence-corrected chi connectivity index (χ2v) is 5.93. The number of benzene rings is 1. The van der Waals surface area contributed by atoms with Gasteiger partial charge in [0.05, 0.1) is 5.41 Å². The van der Waals surface area contributed by atoms with Crippen molar-refractivity contribution in [1.82, 2.24) is 4.98 Å². The predicted octanol–water partition coefficient (Wildman–Crippen LogP) is 2.94. The quantitative estimate of drug-likeness (QED) is 0.795. The van der Waals surface area contributed by atoms with Crippen molar-refractivity contribution in [2.75, 3.05) is 5.32 Å². The highest BCUT2D eigenvalue weighted by molar-refractivity contribution is 6.07. The second-order valence-electron chi connectivity index (χ2n) is 5.93. The molecule has 2 heterocycles. The van der Waals surface area contributed by atoms with Gasteiger partial charge in [-0.2, -0.15) is 0 Å². The highest BCUT2D eigenvalue weighted by Gasteiger charge is 2.55. The normalized spacial score (nSPS) is 26.5. The summed E-state index contributed by atoms with van der Waals surface area (Å²) in [6.45, 7) is 4.25. The molecule has 2 aromatic rings. The van der Waals surface area contributed by atoms with E-state index in [1.807, 2.05) is 12.1 Å². The maximum atomic E-state index is 12.7. The van der Waals surface area contributed by atoms with Gasteiger partial charge < -0.3 is 5.32 Å². The van der Waals surface area contributed by atoms with Gasteiger partial charge >= 0.3 is 0 Å². The number of anilines is 1. The van der Waals surface area contributed by atoms with Crippen LogP contribution in [0.15, 0.2) is 36.5 Å². The zero-order valence-electron chi connectivity index (χ0n) is 11.6. The van der Waals surface area contributed by atoms with Gasteiger partial charge in [0.1, 0.15) is 5.82 Å². The molecule has 3 nitrogen and oxygen atoms in total. The topological polar surface area (TPSA) is 42.0 Å². The first-order valence-corrected chi connectivity index (χ1v) is 6.99. The van der Waals surface area contributed by atoms with Gasteiger partial charge in [0.15, 0.2) is 0 Å². The fraction of sp³-hybridized carbons (Fsp3) is 0.294. The molecular weight excluding hydrogens is 248 g/mol.